The number of para-hydroxylation sites is 1. The van der Waals surface area contributed by atoms with Gasteiger partial charge in [-0.25, -0.2) is 4.79 Å². The third-order valence-corrected chi connectivity index (χ3v) is 4.33. The minimum Gasteiger partial charge on any atom is -0.490 e. The standard InChI is InChI=1S/C21H21ClN4O5/c1-3-29-16-10-14(19-20(25-26-24-19)21(28)30-4-2)15(22)11-17(16)31-12-18(27)23-13-8-6-5-7-9-13/h5-11H,3-4,12H2,1-2H3,(H,23,27)(H,24,25,26). The van der Waals surface area contributed by atoms with E-state index in [0.717, 1.165) is 0 Å². The van der Waals surface area contributed by atoms with Crippen LogP contribution in [-0.2, 0) is 9.53 Å². The number of aromatic amines is 1. The lowest BCUT2D eigenvalue weighted by Crippen LogP contribution is -2.20. The molecule has 0 fully saturated rings. The molecular weight excluding hydrogens is 424 g/mol. The molecule has 0 aliphatic heterocycles. The summed E-state index contributed by atoms with van der Waals surface area (Å²) in [5, 5.41) is 13.3. The molecule has 0 unspecified atom stereocenters. The minimum absolute atomic E-state index is 0.00195. The summed E-state index contributed by atoms with van der Waals surface area (Å²) in [7, 11) is 0. The van der Waals surface area contributed by atoms with E-state index in [9.17, 15) is 9.59 Å². The van der Waals surface area contributed by atoms with Crippen molar-refractivity contribution in [3.05, 3.63) is 53.2 Å². The zero-order chi connectivity index (χ0) is 22.2. The second kappa shape index (κ2) is 10.4. The van der Waals surface area contributed by atoms with Gasteiger partial charge in [-0.2, -0.15) is 10.3 Å². The number of esters is 1. The van der Waals surface area contributed by atoms with Crippen molar-refractivity contribution in [3.63, 3.8) is 0 Å². The molecule has 9 nitrogen and oxygen atoms in total. The molecule has 31 heavy (non-hydrogen) atoms. The number of nitrogens with zero attached hydrogens (tertiary/aromatic N) is 2. The van der Waals surface area contributed by atoms with Gasteiger partial charge >= 0.3 is 5.97 Å². The number of hydrogen-bond donors (Lipinski definition) is 2. The summed E-state index contributed by atoms with van der Waals surface area (Å²) < 4.78 is 16.3. The molecule has 0 radical (unpaired) electrons. The lowest BCUT2D eigenvalue weighted by atomic mass is 10.1. The van der Waals surface area contributed by atoms with Gasteiger partial charge in [0.25, 0.3) is 5.91 Å². The Kier molecular flexibility index (Phi) is 7.45. The van der Waals surface area contributed by atoms with Gasteiger partial charge in [0, 0.05) is 17.3 Å². The molecule has 2 N–H and O–H groups in total. The zero-order valence-corrected chi connectivity index (χ0v) is 17.7. The van der Waals surface area contributed by atoms with E-state index < -0.39 is 5.97 Å². The summed E-state index contributed by atoms with van der Waals surface area (Å²) in [6.45, 7) is 3.79. The fourth-order valence-corrected chi connectivity index (χ4v) is 2.96. The molecule has 1 amide bonds. The van der Waals surface area contributed by atoms with Gasteiger partial charge in [0.15, 0.2) is 23.8 Å². The Balaban J connectivity index is 1.82. The van der Waals surface area contributed by atoms with Gasteiger partial charge in [-0.3, -0.25) is 4.79 Å². The average Bonchev–Trinajstić information content (AvgIpc) is 3.24. The van der Waals surface area contributed by atoms with Crippen LogP contribution in [0.5, 0.6) is 11.5 Å². The molecule has 2 aromatic carbocycles. The molecule has 0 aliphatic rings. The number of nitrogens with one attached hydrogen (secondary N) is 2. The maximum atomic E-state index is 12.2. The molecule has 1 aromatic heterocycles. The van der Waals surface area contributed by atoms with Crippen molar-refractivity contribution in [2.45, 2.75) is 13.8 Å². The molecule has 0 spiro atoms. The predicted octanol–water partition coefficient (Wildman–Crippen LogP) is 3.72. The van der Waals surface area contributed by atoms with Crippen LogP contribution in [0.2, 0.25) is 5.02 Å². The molecule has 0 bridgehead atoms. The van der Waals surface area contributed by atoms with E-state index in [1.54, 1.807) is 32.0 Å². The highest BCUT2D eigenvalue weighted by Crippen LogP contribution is 2.39. The normalized spacial score (nSPS) is 10.4. The quantitative estimate of drug-likeness (QED) is 0.483. The number of hydrogen-bond acceptors (Lipinski definition) is 7. The number of ether oxygens (including phenoxy) is 3. The van der Waals surface area contributed by atoms with E-state index in [4.69, 9.17) is 25.8 Å². The van der Waals surface area contributed by atoms with Crippen LogP contribution < -0.4 is 14.8 Å². The van der Waals surface area contributed by atoms with Gasteiger partial charge in [0.1, 0.15) is 5.69 Å². The molecule has 10 heteroatoms. The Hall–Kier alpha value is -3.59. The third kappa shape index (κ3) is 5.52. The minimum atomic E-state index is -0.627. The number of rotatable bonds is 9. The third-order valence-electron chi connectivity index (χ3n) is 4.02. The van der Waals surface area contributed by atoms with Crippen molar-refractivity contribution in [2.24, 2.45) is 0 Å². The van der Waals surface area contributed by atoms with E-state index >= 15 is 0 Å². The summed E-state index contributed by atoms with van der Waals surface area (Å²) in [5.74, 6) is -0.347. The molecule has 0 atom stereocenters. The first kappa shape index (κ1) is 22.1. The first-order valence-corrected chi connectivity index (χ1v) is 9.93. The van der Waals surface area contributed by atoms with Crippen LogP contribution in [0.4, 0.5) is 5.69 Å². The highest BCUT2D eigenvalue weighted by Gasteiger charge is 2.23. The number of benzene rings is 2. The Morgan fingerprint density at radius 3 is 2.48 bits per heavy atom. The maximum absolute atomic E-state index is 12.2. The van der Waals surface area contributed by atoms with Gasteiger partial charge in [-0.15, -0.1) is 5.10 Å². The summed E-state index contributed by atoms with van der Waals surface area (Å²) in [5.41, 5.74) is 1.29. The van der Waals surface area contributed by atoms with Crippen molar-refractivity contribution in [3.8, 4) is 22.8 Å². The smallest absolute Gasteiger partial charge is 0.361 e. The van der Waals surface area contributed by atoms with Gasteiger partial charge in [0.05, 0.1) is 18.2 Å². The SMILES string of the molecule is CCOC(=O)c1n[nH]nc1-c1cc(OCC)c(OCC(=O)Nc2ccccc2)cc1Cl. The maximum Gasteiger partial charge on any atom is 0.361 e. The van der Waals surface area contributed by atoms with Gasteiger partial charge in [-0.05, 0) is 32.0 Å². The number of amides is 1. The van der Waals surface area contributed by atoms with E-state index in [1.165, 1.54) is 6.07 Å². The van der Waals surface area contributed by atoms with E-state index in [0.29, 0.717) is 23.6 Å². The van der Waals surface area contributed by atoms with E-state index in [1.807, 2.05) is 18.2 Å². The van der Waals surface area contributed by atoms with Gasteiger partial charge in [-0.1, -0.05) is 29.8 Å². The number of aromatic nitrogens is 3. The first-order valence-electron chi connectivity index (χ1n) is 9.55. The lowest BCUT2D eigenvalue weighted by Gasteiger charge is -2.14. The monoisotopic (exact) mass is 444 g/mol. The molecule has 1 heterocycles. The summed E-state index contributed by atoms with van der Waals surface area (Å²) in [6.07, 6.45) is 0. The second-order valence-corrected chi connectivity index (χ2v) is 6.56. The molecule has 0 aliphatic carbocycles. The summed E-state index contributed by atoms with van der Waals surface area (Å²) in [4.78, 5) is 24.3. The summed E-state index contributed by atoms with van der Waals surface area (Å²) in [6, 6.07) is 12.1. The van der Waals surface area contributed by atoms with Crippen LogP contribution in [-0.4, -0.2) is 47.1 Å². The van der Waals surface area contributed by atoms with Crippen molar-refractivity contribution in [1.29, 1.82) is 0 Å². The number of carbonyl (C=O) groups excluding carboxylic acids is 2. The van der Waals surface area contributed by atoms with Gasteiger partial charge in [0.2, 0.25) is 0 Å². The molecule has 162 valence electrons. The largest absolute Gasteiger partial charge is 0.490 e. The van der Waals surface area contributed by atoms with Crippen molar-refractivity contribution in [1.82, 2.24) is 15.4 Å². The number of halogens is 1. The van der Waals surface area contributed by atoms with Crippen molar-refractivity contribution in [2.75, 3.05) is 25.1 Å². The Bertz CT molecular complexity index is 1060. The molecule has 3 rings (SSSR count). The van der Waals surface area contributed by atoms with Gasteiger partial charge < -0.3 is 19.5 Å². The fourth-order valence-electron chi connectivity index (χ4n) is 2.72. The first-order chi connectivity index (χ1) is 15.0. The van der Waals surface area contributed by atoms with Crippen molar-refractivity contribution >= 4 is 29.2 Å². The number of anilines is 1. The van der Waals surface area contributed by atoms with Crippen LogP contribution in [0.3, 0.4) is 0 Å². The average molecular weight is 445 g/mol. The molecule has 0 saturated heterocycles. The molecular formula is C21H21ClN4O5. The Labute approximate surface area is 183 Å². The highest BCUT2D eigenvalue weighted by atomic mass is 35.5. The lowest BCUT2D eigenvalue weighted by molar-refractivity contribution is -0.118. The van der Waals surface area contributed by atoms with E-state index in [2.05, 4.69) is 20.7 Å². The van der Waals surface area contributed by atoms with Crippen LogP contribution in [0.1, 0.15) is 24.3 Å². The zero-order valence-electron chi connectivity index (χ0n) is 17.0. The number of carbonyl (C=O) groups is 2. The van der Waals surface area contributed by atoms with Crippen LogP contribution in [0, 0.1) is 0 Å². The van der Waals surface area contributed by atoms with Crippen molar-refractivity contribution < 1.29 is 23.8 Å². The summed E-state index contributed by atoms with van der Waals surface area (Å²) >= 11 is 6.42. The highest BCUT2D eigenvalue weighted by molar-refractivity contribution is 6.33. The Morgan fingerprint density at radius 2 is 1.77 bits per heavy atom. The topological polar surface area (TPSA) is 115 Å². The Morgan fingerprint density at radius 1 is 1.03 bits per heavy atom. The van der Waals surface area contributed by atoms with Crippen LogP contribution in [0.15, 0.2) is 42.5 Å². The fraction of sp³-hybridized carbons (Fsp3) is 0.238. The van der Waals surface area contributed by atoms with Crippen LogP contribution in [0.25, 0.3) is 11.3 Å². The molecule has 3 aromatic rings. The number of H-pyrrole nitrogens is 1. The molecule has 0 saturated carbocycles. The predicted molar refractivity (Wildman–Crippen MR) is 115 cm³/mol. The van der Waals surface area contributed by atoms with Crippen LogP contribution >= 0.6 is 11.6 Å². The second-order valence-electron chi connectivity index (χ2n) is 6.16. The van der Waals surface area contributed by atoms with E-state index in [-0.39, 0.29) is 41.3 Å².